The van der Waals surface area contributed by atoms with E-state index in [0.717, 1.165) is 24.5 Å². The van der Waals surface area contributed by atoms with Crippen LogP contribution in [-0.2, 0) is 4.79 Å². The van der Waals surface area contributed by atoms with Crippen LogP contribution in [0.3, 0.4) is 0 Å². The van der Waals surface area contributed by atoms with Gasteiger partial charge in [-0.05, 0) is 67.5 Å². The third-order valence-electron chi connectivity index (χ3n) is 5.08. The Labute approximate surface area is 202 Å². The average Bonchev–Trinajstić information content (AvgIpc) is 3.47. The van der Waals surface area contributed by atoms with Crippen molar-refractivity contribution in [1.29, 1.82) is 0 Å². The lowest BCUT2D eigenvalue weighted by molar-refractivity contribution is -0.115. The Morgan fingerprint density at radius 2 is 1.81 bits per heavy atom. The second-order valence-electron chi connectivity index (χ2n) is 7.29. The number of anilines is 2. The molecule has 0 aliphatic carbocycles. The Morgan fingerprint density at radius 1 is 1.03 bits per heavy atom. The van der Waals surface area contributed by atoms with E-state index in [0.29, 0.717) is 27.1 Å². The van der Waals surface area contributed by atoms with Gasteiger partial charge in [0.25, 0.3) is 0 Å². The van der Waals surface area contributed by atoms with Gasteiger partial charge in [0.1, 0.15) is 11.5 Å². The Kier molecular flexibility index (Phi) is 7.15. The molecule has 164 valence electrons. The van der Waals surface area contributed by atoms with Crippen LogP contribution in [0.5, 0.6) is 0 Å². The standard InChI is InChI=1S/C24H21Cl2N3O2S/c25-18-7-5-6-17(23(18)26)21-12-10-16(31-21)11-13-22(30)28-24(32)27-19-8-1-2-9-20(19)29-14-3-4-15-29/h1-2,5-13H,3-4,14-15H2,(H2,27,28,30,32). The van der Waals surface area contributed by atoms with Gasteiger partial charge >= 0.3 is 0 Å². The van der Waals surface area contributed by atoms with Gasteiger partial charge in [0.2, 0.25) is 5.91 Å². The van der Waals surface area contributed by atoms with E-state index in [1.165, 1.54) is 18.9 Å². The normalized spacial score (nSPS) is 13.5. The summed E-state index contributed by atoms with van der Waals surface area (Å²) in [6.07, 6.45) is 5.29. The number of hydrogen-bond acceptors (Lipinski definition) is 4. The number of amides is 1. The molecule has 8 heteroatoms. The molecule has 0 bridgehead atoms. The van der Waals surface area contributed by atoms with Crippen molar-refractivity contribution in [2.75, 3.05) is 23.3 Å². The quantitative estimate of drug-likeness (QED) is 0.324. The zero-order valence-electron chi connectivity index (χ0n) is 17.1. The van der Waals surface area contributed by atoms with Crippen LogP contribution < -0.4 is 15.5 Å². The van der Waals surface area contributed by atoms with Gasteiger partial charge in [-0.25, -0.2) is 0 Å². The molecule has 0 unspecified atom stereocenters. The molecule has 32 heavy (non-hydrogen) atoms. The molecule has 1 amide bonds. The number of para-hydroxylation sites is 2. The van der Waals surface area contributed by atoms with Crippen LogP contribution in [-0.4, -0.2) is 24.1 Å². The number of nitrogens with one attached hydrogen (secondary N) is 2. The summed E-state index contributed by atoms with van der Waals surface area (Å²) in [5.41, 5.74) is 2.64. The zero-order valence-corrected chi connectivity index (χ0v) is 19.4. The zero-order chi connectivity index (χ0) is 22.5. The number of benzene rings is 2. The molecule has 0 spiro atoms. The van der Waals surface area contributed by atoms with Crippen molar-refractivity contribution in [3.8, 4) is 11.3 Å². The summed E-state index contributed by atoms with van der Waals surface area (Å²) in [6, 6.07) is 16.8. The van der Waals surface area contributed by atoms with E-state index < -0.39 is 0 Å². The highest BCUT2D eigenvalue weighted by atomic mass is 35.5. The van der Waals surface area contributed by atoms with Gasteiger partial charge in [-0.1, -0.05) is 41.4 Å². The highest BCUT2D eigenvalue weighted by Gasteiger charge is 2.16. The van der Waals surface area contributed by atoms with Gasteiger partial charge in [0.05, 0.1) is 21.4 Å². The first-order chi connectivity index (χ1) is 15.5. The molecule has 4 rings (SSSR count). The number of nitrogens with zero attached hydrogens (tertiary/aromatic N) is 1. The number of carbonyl (C=O) groups is 1. The van der Waals surface area contributed by atoms with Gasteiger partial charge in [-0.2, -0.15) is 0 Å². The largest absolute Gasteiger partial charge is 0.457 e. The van der Waals surface area contributed by atoms with E-state index in [1.807, 2.05) is 24.3 Å². The number of rotatable bonds is 5. The van der Waals surface area contributed by atoms with Crippen molar-refractivity contribution in [3.63, 3.8) is 0 Å². The molecule has 1 aliphatic rings. The van der Waals surface area contributed by atoms with E-state index in [4.69, 9.17) is 39.8 Å². The van der Waals surface area contributed by atoms with Crippen molar-refractivity contribution < 1.29 is 9.21 Å². The maximum atomic E-state index is 12.3. The number of furan rings is 1. The first kappa shape index (κ1) is 22.4. The maximum Gasteiger partial charge on any atom is 0.250 e. The SMILES string of the molecule is O=C(C=Cc1ccc(-c2cccc(Cl)c2Cl)o1)NC(=S)Nc1ccccc1N1CCCC1. The number of halogens is 2. The minimum absolute atomic E-state index is 0.233. The van der Waals surface area contributed by atoms with Crippen LogP contribution in [0, 0.1) is 0 Å². The molecule has 1 aromatic heterocycles. The van der Waals surface area contributed by atoms with Gasteiger partial charge in [0, 0.05) is 24.7 Å². The lowest BCUT2D eigenvalue weighted by atomic mass is 10.2. The van der Waals surface area contributed by atoms with Crippen molar-refractivity contribution in [2.24, 2.45) is 0 Å². The van der Waals surface area contributed by atoms with Gasteiger partial charge in [0.15, 0.2) is 5.11 Å². The van der Waals surface area contributed by atoms with E-state index in [-0.39, 0.29) is 11.0 Å². The van der Waals surface area contributed by atoms with Crippen molar-refractivity contribution in [1.82, 2.24) is 5.32 Å². The fourth-order valence-corrected chi connectivity index (χ4v) is 4.16. The lowest BCUT2D eigenvalue weighted by Crippen LogP contribution is -2.33. The van der Waals surface area contributed by atoms with Crippen LogP contribution >= 0.6 is 35.4 Å². The Balaban J connectivity index is 1.37. The first-order valence-corrected chi connectivity index (χ1v) is 11.4. The fourth-order valence-electron chi connectivity index (χ4n) is 3.56. The summed E-state index contributed by atoms with van der Waals surface area (Å²) >= 11 is 17.6. The molecule has 1 aliphatic heterocycles. The van der Waals surface area contributed by atoms with Crippen LogP contribution in [0.4, 0.5) is 11.4 Å². The molecule has 1 saturated heterocycles. The highest BCUT2D eigenvalue weighted by Crippen LogP contribution is 2.34. The molecular formula is C24H21Cl2N3O2S. The minimum Gasteiger partial charge on any atom is -0.457 e. The van der Waals surface area contributed by atoms with Gasteiger partial charge < -0.3 is 14.6 Å². The third kappa shape index (κ3) is 5.33. The second kappa shape index (κ2) is 10.2. The fraction of sp³-hybridized carbons (Fsp3) is 0.167. The average molecular weight is 486 g/mol. The summed E-state index contributed by atoms with van der Waals surface area (Å²) in [5, 5.41) is 6.90. The number of hydrogen-bond donors (Lipinski definition) is 2. The van der Waals surface area contributed by atoms with E-state index in [9.17, 15) is 4.79 Å². The number of thiocarbonyl (C=S) groups is 1. The van der Waals surface area contributed by atoms with E-state index >= 15 is 0 Å². The number of carbonyl (C=O) groups excluding carboxylic acids is 1. The molecule has 2 N–H and O–H groups in total. The first-order valence-electron chi connectivity index (χ1n) is 10.2. The predicted octanol–water partition coefficient (Wildman–Crippen LogP) is 6.38. The van der Waals surface area contributed by atoms with Crippen LogP contribution in [0.1, 0.15) is 18.6 Å². The van der Waals surface area contributed by atoms with E-state index in [1.54, 1.807) is 30.3 Å². The molecule has 3 aromatic rings. The molecule has 2 heterocycles. The van der Waals surface area contributed by atoms with Crippen LogP contribution in [0.25, 0.3) is 17.4 Å². The maximum absolute atomic E-state index is 12.3. The Hall–Kier alpha value is -2.80. The summed E-state index contributed by atoms with van der Waals surface area (Å²) < 4.78 is 5.77. The molecule has 0 radical (unpaired) electrons. The lowest BCUT2D eigenvalue weighted by Gasteiger charge is -2.22. The van der Waals surface area contributed by atoms with Gasteiger partial charge in [-0.3, -0.25) is 10.1 Å². The topological polar surface area (TPSA) is 57.5 Å². The van der Waals surface area contributed by atoms with Gasteiger partial charge in [-0.15, -0.1) is 0 Å². The van der Waals surface area contributed by atoms with Crippen LogP contribution in [0.15, 0.2) is 65.1 Å². The van der Waals surface area contributed by atoms with Crippen molar-refractivity contribution in [3.05, 3.63) is 76.5 Å². The monoisotopic (exact) mass is 485 g/mol. The van der Waals surface area contributed by atoms with Crippen molar-refractivity contribution in [2.45, 2.75) is 12.8 Å². The summed E-state index contributed by atoms with van der Waals surface area (Å²) in [7, 11) is 0. The Morgan fingerprint density at radius 3 is 2.62 bits per heavy atom. The van der Waals surface area contributed by atoms with E-state index in [2.05, 4.69) is 21.6 Å². The second-order valence-corrected chi connectivity index (χ2v) is 8.48. The molecule has 1 fully saturated rings. The summed E-state index contributed by atoms with van der Waals surface area (Å²) in [4.78, 5) is 14.6. The molecule has 5 nitrogen and oxygen atoms in total. The highest BCUT2D eigenvalue weighted by molar-refractivity contribution is 7.80. The summed E-state index contributed by atoms with van der Waals surface area (Å²) in [6.45, 7) is 2.04. The smallest absolute Gasteiger partial charge is 0.250 e. The minimum atomic E-state index is -0.361. The summed E-state index contributed by atoms with van der Waals surface area (Å²) in [5.74, 6) is 0.706. The molecule has 0 atom stereocenters. The van der Waals surface area contributed by atoms with Crippen molar-refractivity contribution >= 4 is 63.9 Å². The third-order valence-corrected chi connectivity index (χ3v) is 6.10. The predicted molar refractivity (Wildman–Crippen MR) is 135 cm³/mol. The van der Waals surface area contributed by atoms with Crippen LogP contribution in [0.2, 0.25) is 10.0 Å². The molecule has 0 saturated carbocycles. The Bertz CT molecular complexity index is 1170. The molecular weight excluding hydrogens is 465 g/mol. The molecule has 2 aromatic carbocycles.